The average Bonchev–Trinajstić information content (AvgIpc) is 3.27. The molecule has 2 saturated heterocycles. The Morgan fingerprint density at radius 1 is 1.07 bits per heavy atom. The summed E-state index contributed by atoms with van der Waals surface area (Å²) in [5.74, 6) is -0.0885. The van der Waals surface area contributed by atoms with Gasteiger partial charge < -0.3 is 19.9 Å². The zero-order chi connectivity index (χ0) is 20.9. The van der Waals surface area contributed by atoms with Crippen LogP contribution in [-0.2, 0) is 20.7 Å². The SMILES string of the molecule is Cc1cc(N2CCOCC2)ccc1NC(=O)C1CCCN1C(=O)Cc1ccccc1. The highest BCUT2D eigenvalue weighted by Crippen LogP contribution is 2.25. The van der Waals surface area contributed by atoms with Crippen LogP contribution in [0.15, 0.2) is 48.5 Å². The Balaban J connectivity index is 1.40. The molecule has 4 rings (SSSR count). The maximum Gasteiger partial charge on any atom is 0.247 e. The van der Waals surface area contributed by atoms with Crippen LogP contribution in [0.25, 0.3) is 0 Å². The molecule has 158 valence electrons. The van der Waals surface area contributed by atoms with Crippen LogP contribution < -0.4 is 10.2 Å². The molecular formula is C24H29N3O3. The molecule has 0 aromatic heterocycles. The standard InChI is InChI=1S/C24H29N3O3/c1-18-16-20(26-12-14-30-15-13-26)9-10-21(18)25-24(29)22-8-5-11-27(22)23(28)17-19-6-3-2-4-7-19/h2-4,6-7,9-10,16,22H,5,8,11-15,17H2,1H3,(H,25,29). The van der Waals surface area contributed by atoms with Crippen molar-refractivity contribution in [2.45, 2.75) is 32.2 Å². The molecule has 2 fully saturated rings. The minimum absolute atomic E-state index is 0.0123. The van der Waals surface area contributed by atoms with Crippen molar-refractivity contribution >= 4 is 23.2 Å². The zero-order valence-corrected chi connectivity index (χ0v) is 17.5. The van der Waals surface area contributed by atoms with E-state index in [1.54, 1.807) is 4.90 Å². The van der Waals surface area contributed by atoms with Crippen molar-refractivity contribution in [1.29, 1.82) is 0 Å². The summed E-state index contributed by atoms with van der Waals surface area (Å²) in [4.78, 5) is 29.8. The fourth-order valence-electron chi connectivity index (χ4n) is 4.23. The molecule has 0 radical (unpaired) electrons. The van der Waals surface area contributed by atoms with Crippen molar-refractivity contribution in [2.24, 2.45) is 0 Å². The number of nitrogens with zero attached hydrogens (tertiary/aromatic N) is 2. The van der Waals surface area contributed by atoms with E-state index in [0.29, 0.717) is 19.4 Å². The predicted molar refractivity (Wildman–Crippen MR) is 118 cm³/mol. The number of carbonyl (C=O) groups is 2. The fourth-order valence-corrected chi connectivity index (χ4v) is 4.23. The van der Waals surface area contributed by atoms with Gasteiger partial charge in [-0.1, -0.05) is 30.3 Å². The molecule has 30 heavy (non-hydrogen) atoms. The van der Waals surface area contributed by atoms with Gasteiger partial charge in [0.2, 0.25) is 11.8 Å². The van der Waals surface area contributed by atoms with Crippen LogP contribution in [0.5, 0.6) is 0 Å². The number of carbonyl (C=O) groups excluding carboxylic acids is 2. The summed E-state index contributed by atoms with van der Waals surface area (Å²) in [6, 6.07) is 15.4. The van der Waals surface area contributed by atoms with Gasteiger partial charge in [-0.15, -0.1) is 0 Å². The van der Waals surface area contributed by atoms with Crippen molar-refractivity contribution in [3.05, 3.63) is 59.7 Å². The molecule has 6 nitrogen and oxygen atoms in total. The summed E-state index contributed by atoms with van der Waals surface area (Å²) in [5, 5.41) is 3.05. The monoisotopic (exact) mass is 407 g/mol. The van der Waals surface area contributed by atoms with Gasteiger partial charge in [-0.2, -0.15) is 0 Å². The highest BCUT2D eigenvalue weighted by atomic mass is 16.5. The molecule has 2 aromatic carbocycles. The van der Waals surface area contributed by atoms with E-state index in [1.165, 1.54) is 0 Å². The number of morpholine rings is 1. The summed E-state index contributed by atoms with van der Waals surface area (Å²) >= 11 is 0. The Morgan fingerprint density at radius 3 is 2.57 bits per heavy atom. The number of ether oxygens (including phenoxy) is 1. The Bertz CT molecular complexity index is 894. The molecule has 0 aliphatic carbocycles. The van der Waals surface area contributed by atoms with Crippen molar-refractivity contribution < 1.29 is 14.3 Å². The number of aryl methyl sites for hydroxylation is 1. The Labute approximate surface area is 177 Å². The third kappa shape index (κ3) is 4.65. The number of rotatable bonds is 5. The van der Waals surface area contributed by atoms with Crippen molar-refractivity contribution in [1.82, 2.24) is 4.90 Å². The Kier molecular flexibility index (Phi) is 6.33. The van der Waals surface area contributed by atoms with E-state index >= 15 is 0 Å². The van der Waals surface area contributed by atoms with E-state index in [-0.39, 0.29) is 11.8 Å². The van der Waals surface area contributed by atoms with Gasteiger partial charge in [0.15, 0.2) is 0 Å². The second kappa shape index (κ2) is 9.30. The maximum atomic E-state index is 13.0. The molecule has 2 amide bonds. The van der Waals surface area contributed by atoms with E-state index in [4.69, 9.17) is 4.74 Å². The topological polar surface area (TPSA) is 61.9 Å². The quantitative estimate of drug-likeness (QED) is 0.828. The van der Waals surface area contributed by atoms with Gasteiger partial charge in [-0.25, -0.2) is 0 Å². The normalized spacial score (nSPS) is 19.0. The smallest absolute Gasteiger partial charge is 0.247 e. The lowest BCUT2D eigenvalue weighted by Crippen LogP contribution is -2.43. The van der Waals surface area contributed by atoms with Gasteiger partial charge in [0.25, 0.3) is 0 Å². The van der Waals surface area contributed by atoms with E-state index in [9.17, 15) is 9.59 Å². The summed E-state index contributed by atoms with van der Waals surface area (Å²) in [7, 11) is 0. The van der Waals surface area contributed by atoms with Crippen molar-refractivity contribution in [3.63, 3.8) is 0 Å². The second-order valence-electron chi connectivity index (χ2n) is 8.00. The minimum atomic E-state index is -0.403. The van der Waals surface area contributed by atoms with Gasteiger partial charge in [0, 0.05) is 31.0 Å². The molecule has 2 aliphatic heterocycles. The Hall–Kier alpha value is -2.86. The first-order valence-corrected chi connectivity index (χ1v) is 10.7. The first-order chi connectivity index (χ1) is 14.6. The van der Waals surface area contributed by atoms with Crippen LogP contribution in [0.2, 0.25) is 0 Å². The minimum Gasteiger partial charge on any atom is -0.378 e. The summed E-state index contributed by atoms with van der Waals surface area (Å²) in [5.41, 5.74) is 3.95. The molecule has 1 N–H and O–H groups in total. The van der Waals surface area contributed by atoms with Crippen LogP contribution in [0.4, 0.5) is 11.4 Å². The number of hydrogen-bond acceptors (Lipinski definition) is 4. The van der Waals surface area contributed by atoms with Crippen LogP contribution in [0.3, 0.4) is 0 Å². The van der Waals surface area contributed by atoms with E-state index < -0.39 is 6.04 Å². The molecule has 6 heteroatoms. The van der Waals surface area contributed by atoms with Crippen LogP contribution >= 0.6 is 0 Å². The summed E-state index contributed by atoms with van der Waals surface area (Å²) in [6.07, 6.45) is 1.89. The highest BCUT2D eigenvalue weighted by molar-refractivity contribution is 5.98. The molecule has 2 heterocycles. The third-order valence-electron chi connectivity index (χ3n) is 5.92. The number of likely N-dealkylation sites (tertiary alicyclic amines) is 1. The zero-order valence-electron chi connectivity index (χ0n) is 17.5. The summed E-state index contributed by atoms with van der Waals surface area (Å²) < 4.78 is 5.42. The third-order valence-corrected chi connectivity index (χ3v) is 5.92. The molecule has 0 bridgehead atoms. The maximum absolute atomic E-state index is 13.0. The highest BCUT2D eigenvalue weighted by Gasteiger charge is 2.34. The van der Waals surface area contributed by atoms with E-state index in [1.807, 2.05) is 49.4 Å². The average molecular weight is 408 g/mol. The predicted octanol–water partition coefficient (Wildman–Crippen LogP) is 3.00. The second-order valence-corrected chi connectivity index (χ2v) is 8.00. The first kappa shape index (κ1) is 20.4. The first-order valence-electron chi connectivity index (χ1n) is 10.7. The fraction of sp³-hybridized carbons (Fsp3) is 0.417. The van der Waals surface area contributed by atoms with Gasteiger partial charge >= 0.3 is 0 Å². The molecule has 2 aromatic rings. The van der Waals surface area contributed by atoms with Gasteiger partial charge in [-0.05, 0) is 49.1 Å². The molecule has 0 saturated carbocycles. The Morgan fingerprint density at radius 2 is 1.83 bits per heavy atom. The summed E-state index contributed by atoms with van der Waals surface area (Å²) in [6.45, 7) is 5.89. The number of hydrogen-bond donors (Lipinski definition) is 1. The van der Waals surface area contributed by atoms with E-state index in [0.717, 1.165) is 55.2 Å². The lowest BCUT2D eigenvalue weighted by molar-refractivity contribution is -0.136. The van der Waals surface area contributed by atoms with Gasteiger partial charge in [-0.3, -0.25) is 9.59 Å². The number of anilines is 2. The van der Waals surface area contributed by atoms with Crippen LogP contribution in [0, 0.1) is 6.92 Å². The number of amides is 2. The van der Waals surface area contributed by atoms with Gasteiger partial charge in [0.1, 0.15) is 6.04 Å². The number of benzene rings is 2. The number of nitrogens with one attached hydrogen (secondary N) is 1. The molecule has 2 aliphatic rings. The largest absolute Gasteiger partial charge is 0.378 e. The van der Waals surface area contributed by atoms with Crippen LogP contribution in [0.1, 0.15) is 24.0 Å². The molecule has 0 spiro atoms. The lowest BCUT2D eigenvalue weighted by Gasteiger charge is -2.29. The van der Waals surface area contributed by atoms with Crippen LogP contribution in [-0.4, -0.2) is 55.6 Å². The lowest BCUT2D eigenvalue weighted by atomic mass is 10.1. The van der Waals surface area contributed by atoms with Crippen molar-refractivity contribution in [3.8, 4) is 0 Å². The van der Waals surface area contributed by atoms with E-state index in [2.05, 4.69) is 16.3 Å². The molecular weight excluding hydrogens is 378 g/mol. The van der Waals surface area contributed by atoms with Gasteiger partial charge in [0.05, 0.1) is 19.6 Å². The van der Waals surface area contributed by atoms with Crippen molar-refractivity contribution in [2.75, 3.05) is 43.1 Å². The molecule has 1 atom stereocenters. The molecule has 1 unspecified atom stereocenters.